The van der Waals surface area contributed by atoms with Crippen LogP contribution in [0.15, 0.2) is 0 Å². The van der Waals surface area contributed by atoms with E-state index in [1.165, 1.54) is 0 Å². The van der Waals surface area contributed by atoms with Crippen molar-refractivity contribution in [3.8, 4) is 0 Å². The molecule has 0 fully saturated rings. The van der Waals surface area contributed by atoms with Crippen LogP contribution in [0.4, 0.5) is 0 Å². The zero-order valence-electron chi connectivity index (χ0n) is 2.83. The van der Waals surface area contributed by atoms with Gasteiger partial charge in [-0.2, -0.15) is 0 Å². The molecule has 0 rings (SSSR count). The number of hydrogen-bond donors (Lipinski definition) is 0. The van der Waals surface area contributed by atoms with Gasteiger partial charge in [0.15, 0.2) is 0 Å². The topological polar surface area (TPSA) is 0 Å². The molecule has 4 heteroatoms. The van der Waals surface area contributed by atoms with Crippen molar-refractivity contribution in [2.24, 2.45) is 0 Å². The van der Waals surface area contributed by atoms with Crippen LogP contribution in [-0.4, -0.2) is 1.28 Å². The van der Waals surface area contributed by atoms with Crippen LogP contribution in [0.25, 0.3) is 0 Å². The van der Waals surface area contributed by atoms with Gasteiger partial charge in [0, 0.05) is 0 Å². The molecule has 1 unspecified atom stereocenters. The van der Waals surface area contributed by atoms with Crippen LogP contribution in [0, 0.1) is 0 Å². The summed E-state index contributed by atoms with van der Waals surface area (Å²) in [5.74, 6) is 0. The van der Waals surface area contributed by atoms with Crippen LogP contribution in [-0.2, 0) is 0 Å². The van der Waals surface area contributed by atoms with Gasteiger partial charge in [-0.05, 0) is 0 Å². The molecule has 0 N–H and O–H groups in total. The number of hydrogen-bond acceptors (Lipinski definition) is 0. The van der Waals surface area contributed by atoms with E-state index in [2.05, 4.69) is 8.93 Å². The van der Waals surface area contributed by atoms with Crippen LogP contribution < -0.4 is 0 Å². The quantitative estimate of drug-likeness (QED) is 0.450. The molecule has 0 heterocycles. The molecule has 0 amide bonds. The standard InChI is InChI=1S/Cl2H4P2/c1-4(2)3/h3-4H2/i4T. The predicted molar refractivity (Wildman–Crippen MR) is 31.1 cm³/mol. The van der Waals surface area contributed by atoms with Crippen molar-refractivity contribution in [3.63, 3.8) is 0 Å². The fraction of sp³-hybridized carbons (Fsp3) is 0. The Morgan fingerprint density at radius 2 is 2.00 bits per heavy atom. The fourth-order valence-corrected chi connectivity index (χ4v) is 0. The van der Waals surface area contributed by atoms with Gasteiger partial charge in [0.05, 0.1) is 0 Å². The van der Waals surface area contributed by atoms with Crippen LogP contribution in [0.1, 0.15) is 0 Å². The SMILES string of the molecule is [3H][PH](P)(Cl)Cl. The molecule has 0 radical (unpaired) electrons. The van der Waals surface area contributed by atoms with E-state index in [9.17, 15) is 0 Å². The Balaban J connectivity index is 3.02. The van der Waals surface area contributed by atoms with Crippen molar-refractivity contribution in [1.29, 1.82) is 1.28 Å². The van der Waals surface area contributed by atoms with E-state index in [4.69, 9.17) is 23.8 Å². The fourth-order valence-electron chi connectivity index (χ4n) is 0. The monoisotopic (exact) mass is 138 g/mol. The van der Waals surface area contributed by atoms with Gasteiger partial charge in [-0.3, -0.25) is 0 Å². The minimum atomic E-state index is -2.50. The maximum atomic E-state index is 6.57. The summed E-state index contributed by atoms with van der Waals surface area (Å²) in [5, 5.41) is 0. The van der Waals surface area contributed by atoms with E-state index in [0.29, 0.717) is 0 Å². The van der Waals surface area contributed by atoms with Gasteiger partial charge < -0.3 is 0 Å². The Kier molecular flexibility index (Phi) is 2.41. The van der Waals surface area contributed by atoms with Crippen LogP contribution in [0.3, 0.4) is 0 Å². The van der Waals surface area contributed by atoms with E-state index < -0.39 is 6.26 Å². The second-order valence-electron chi connectivity index (χ2n) is 0.290. The van der Waals surface area contributed by atoms with E-state index >= 15 is 0 Å². The zero-order chi connectivity index (χ0) is 4.50. The van der Waals surface area contributed by atoms with Gasteiger partial charge in [0.25, 0.3) is 0 Å². The second kappa shape index (κ2) is 2.67. The molecule has 0 saturated carbocycles. The average Bonchev–Trinajstić information content (AvgIpc) is 0.722. The zero-order valence-corrected chi connectivity index (χ0v) is 5.50. The van der Waals surface area contributed by atoms with E-state index in [0.717, 1.165) is 0 Å². The Hall–Kier alpha value is 1.44. The number of halogens is 2. The molecule has 0 aliphatic heterocycles. The first-order chi connectivity index (χ1) is 2.00. The second-order valence-corrected chi connectivity index (χ2v) is 7.82. The van der Waals surface area contributed by atoms with Crippen molar-refractivity contribution in [1.82, 2.24) is 0 Å². The molecule has 0 aliphatic rings. The van der Waals surface area contributed by atoms with Gasteiger partial charge in [-0.1, -0.05) is 0 Å². The summed E-state index contributed by atoms with van der Waals surface area (Å²) in [6.45, 7) is 0. The third-order valence-corrected chi connectivity index (χ3v) is 0. The molecule has 28 valence electrons. The molecule has 0 aromatic rings. The molecule has 0 aromatic heterocycles. The van der Waals surface area contributed by atoms with Gasteiger partial charge in [0.1, 0.15) is 0 Å². The Morgan fingerprint density at radius 1 is 2.00 bits per heavy atom. The summed E-state index contributed by atoms with van der Waals surface area (Å²) in [6.07, 6.45) is -2.50. The first kappa shape index (κ1) is 3.62. The minimum absolute atomic E-state index is 2.05. The summed E-state index contributed by atoms with van der Waals surface area (Å²) in [6, 6.07) is 0. The van der Waals surface area contributed by atoms with Gasteiger partial charge in [-0.25, -0.2) is 0 Å². The van der Waals surface area contributed by atoms with Gasteiger partial charge in [-0.15, -0.1) is 0 Å². The third-order valence-electron chi connectivity index (χ3n) is 0. The average molecular weight is 139 g/mol. The van der Waals surface area contributed by atoms with Crippen molar-refractivity contribution < 1.29 is 0 Å². The van der Waals surface area contributed by atoms with Crippen molar-refractivity contribution in [2.45, 2.75) is 0 Å². The van der Waals surface area contributed by atoms with Gasteiger partial charge >= 0.3 is 38.9 Å². The first-order valence-corrected chi connectivity index (χ1v) is 6.00. The van der Waals surface area contributed by atoms with Crippen molar-refractivity contribution in [3.05, 3.63) is 0 Å². The maximum absolute atomic E-state index is 6.57. The normalized spacial score (nSPS) is 19.2. The predicted octanol–water partition coefficient (Wildman–Crippen LogP) is 2.03. The van der Waals surface area contributed by atoms with Crippen molar-refractivity contribution >= 4 is 37.7 Å². The molecule has 0 aromatic carbocycles. The van der Waals surface area contributed by atoms with E-state index in [1.54, 1.807) is 0 Å². The van der Waals surface area contributed by atoms with Crippen LogP contribution in [0.2, 0.25) is 0 Å². The summed E-state index contributed by atoms with van der Waals surface area (Å²) >= 11 is 10.1. The Bertz CT molecular complexity index is 23.1. The molecule has 0 spiro atoms. The Morgan fingerprint density at radius 3 is 2.00 bits per heavy atom. The molecule has 1 atom stereocenters. The summed E-state index contributed by atoms with van der Waals surface area (Å²) in [7, 11) is 2.05. The Labute approximate surface area is 39.6 Å². The summed E-state index contributed by atoms with van der Waals surface area (Å²) in [4.78, 5) is 0. The van der Waals surface area contributed by atoms with E-state index in [1.807, 2.05) is 0 Å². The molecule has 0 nitrogen and oxygen atoms in total. The molecular weight excluding hydrogens is 133 g/mol. The summed E-state index contributed by atoms with van der Waals surface area (Å²) in [5.41, 5.74) is 0. The van der Waals surface area contributed by atoms with Crippen LogP contribution >= 0.6 is 37.7 Å². The third kappa shape index (κ3) is 9.88. The summed E-state index contributed by atoms with van der Waals surface area (Å²) < 4.78 is 6.57. The first-order valence-electron chi connectivity index (χ1n) is 1.17. The number of rotatable bonds is 0. The molecule has 0 bridgehead atoms. The van der Waals surface area contributed by atoms with E-state index in [-0.39, 0.29) is 0 Å². The van der Waals surface area contributed by atoms with Crippen molar-refractivity contribution in [2.75, 3.05) is 0 Å². The molecule has 4 heavy (non-hydrogen) atoms. The molecule has 0 saturated heterocycles. The molecular formula is H4Cl2P2. The molecule has 0 aliphatic carbocycles. The van der Waals surface area contributed by atoms with Crippen LogP contribution in [0.5, 0.6) is 0 Å². The van der Waals surface area contributed by atoms with Gasteiger partial charge in [0.2, 0.25) is 0 Å².